The highest BCUT2D eigenvalue weighted by Gasteiger charge is 2.33. The molecule has 0 N–H and O–H groups in total. The van der Waals surface area contributed by atoms with Crippen LogP contribution in [0.3, 0.4) is 0 Å². The van der Waals surface area contributed by atoms with Crippen molar-refractivity contribution in [3.8, 4) is 5.75 Å². The summed E-state index contributed by atoms with van der Waals surface area (Å²) in [7, 11) is 1.59. The molecule has 1 aromatic heterocycles. The van der Waals surface area contributed by atoms with Crippen LogP contribution in [0.2, 0.25) is 0 Å². The second kappa shape index (κ2) is 9.26. The number of esters is 1. The van der Waals surface area contributed by atoms with Crippen LogP contribution in [-0.4, -0.2) is 24.3 Å². The minimum Gasteiger partial charge on any atom is -0.496 e. The van der Waals surface area contributed by atoms with E-state index >= 15 is 0 Å². The van der Waals surface area contributed by atoms with E-state index in [2.05, 4.69) is 20.9 Å². The molecule has 0 aliphatic carbocycles. The van der Waals surface area contributed by atoms with Gasteiger partial charge in [-0.3, -0.25) is 9.36 Å². The van der Waals surface area contributed by atoms with Crippen molar-refractivity contribution in [2.45, 2.75) is 19.9 Å². The lowest BCUT2D eigenvalue weighted by Crippen LogP contribution is -2.39. The minimum atomic E-state index is -0.613. The fourth-order valence-corrected chi connectivity index (χ4v) is 5.12. The lowest BCUT2D eigenvalue weighted by atomic mass is 9.96. The molecule has 2 heterocycles. The van der Waals surface area contributed by atoms with Crippen molar-refractivity contribution < 1.29 is 14.3 Å². The van der Waals surface area contributed by atoms with Gasteiger partial charge in [-0.2, -0.15) is 0 Å². The molecule has 0 fully saturated rings. The third kappa shape index (κ3) is 4.08. The van der Waals surface area contributed by atoms with Gasteiger partial charge in [0, 0.05) is 10.0 Å². The van der Waals surface area contributed by atoms with Gasteiger partial charge in [-0.25, -0.2) is 9.79 Å². The number of rotatable bonds is 5. The zero-order valence-electron chi connectivity index (χ0n) is 17.8. The number of benzene rings is 2. The van der Waals surface area contributed by atoms with Crippen LogP contribution in [0.25, 0.3) is 6.08 Å². The smallest absolute Gasteiger partial charge is 0.338 e. The van der Waals surface area contributed by atoms with E-state index in [9.17, 15) is 9.59 Å². The molecule has 0 spiro atoms. The molecule has 8 heteroatoms. The van der Waals surface area contributed by atoms with E-state index in [-0.39, 0.29) is 12.2 Å². The first-order chi connectivity index (χ1) is 15.4. The Kier molecular flexibility index (Phi) is 6.43. The lowest BCUT2D eigenvalue weighted by Gasteiger charge is -2.24. The Balaban J connectivity index is 1.97. The number of halogens is 1. The molecule has 0 saturated carbocycles. The highest BCUT2D eigenvalue weighted by molar-refractivity contribution is 9.10. The molecule has 3 aromatic rings. The Hall–Kier alpha value is -2.97. The molecule has 0 saturated heterocycles. The normalized spacial score (nSPS) is 15.9. The molecular weight excluding hydrogens is 492 g/mol. The maximum absolute atomic E-state index is 13.6. The summed E-state index contributed by atoms with van der Waals surface area (Å²) in [5, 5.41) is 0. The summed E-state index contributed by atoms with van der Waals surface area (Å²) in [5.74, 6) is 0.188. The number of methoxy groups -OCH3 is 1. The number of fused-ring (bicyclic) bond motifs is 1. The van der Waals surface area contributed by atoms with Crippen LogP contribution in [0.4, 0.5) is 0 Å². The zero-order valence-corrected chi connectivity index (χ0v) is 20.2. The number of ether oxygens (including phenoxy) is 2. The van der Waals surface area contributed by atoms with Gasteiger partial charge < -0.3 is 9.47 Å². The Morgan fingerprint density at radius 2 is 2.00 bits per heavy atom. The van der Waals surface area contributed by atoms with Crippen molar-refractivity contribution in [1.29, 1.82) is 0 Å². The van der Waals surface area contributed by atoms with Gasteiger partial charge in [0.15, 0.2) is 4.80 Å². The van der Waals surface area contributed by atoms with Crippen molar-refractivity contribution >= 4 is 39.3 Å². The van der Waals surface area contributed by atoms with Gasteiger partial charge in [0.1, 0.15) is 5.75 Å². The summed E-state index contributed by atoms with van der Waals surface area (Å²) in [6, 6.07) is 14.5. The average molecular weight is 513 g/mol. The van der Waals surface area contributed by atoms with Crippen molar-refractivity contribution in [2.75, 3.05) is 13.7 Å². The summed E-state index contributed by atoms with van der Waals surface area (Å²) >= 11 is 4.75. The number of carbonyl (C=O) groups is 1. The highest BCUT2D eigenvalue weighted by Crippen LogP contribution is 2.30. The second-order valence-electron chi connectivity index (χ2n) is 7.10. The van der Waals surface area contributed by atoms with Crippen LogP contribution in [0.1, 0.15) is 31.0 Å². The molecule has 4 rings (SSSR count). The number of carbonyl (C=O) groups excluding carboxylic acids is 1. The summed E-state index contributed by atoms with van der Waals surface area (Å²) in [5.41, 5.74) is 2.28. The molecule has 0 bridgehead atoms. The van der Waals surface area contributed by atoms with Crippen LogP contribution in [0.15, 0.2) is 74.1 Å². The van der Waals surface area contributed by atoms with Crippen LogP contribution in [0.5, 0.6) is 5.75 Å². The van der Waals surface area contributed by atoms with Crippen molar-refractivity contribution in [3.63, 3.8) is 0 Å². The standard InChI is InChI=1S/C24H21BrN2O4S/c1-4-31-23(29)20-14(2)26-24-27(21(20)15-8-6-5-7-9-15)22(28)19(32-24)13-16-12-17(25)10-11-18(16)30-3/h5-13,21H,4H2,1-3H3/t21-/m0/s1. The third-order valence-corrected chi connectivity index (χ3v) is 6.59. The number of aromatic nitrogens is 1. The maximum atomic E-state index is 13.6. The van der Waals surface area contributed by atoms with Gasteiger partial charge in [-0.05, 0) is 43.7 Å². The molecule has 0 radical (unpaired) electrons. The Morgan fingerprint density at radius 3 is 2.69 bits per heavy atom. The van der Waals surface area contributed by atoms with Gasteiger partial charge in [-0.15, -0.1) is 0 Å². The van der Waals surface area contributed by atoms with Crippen LogP contribution < -0.4 is 19.6 Å². The zero-order chi connectivity index (χ0) is 22.8. The Labute approximate surface area is 197 Å². The van der Waals surface area contributed by atoms with E-state index in [0.29, 0.717) is 26.4 Å². The van der Waals surface area contributed by atoms with E-state index < -0.39 is 12.0 Å². The van der Waals surface area contributed by atoms with Crippen LogP contribution in [-0.2, 0) is 9.53 Å². The Bertz CT molecular complexity index is 1390. The van der Waals surface area contributed by atoms with E-state index in [4.69, 9.17) is 9.47 Å². The predicted octanol–water partition coefficient (Wildman–Crippen LogP) is 3.57. The van der Waals surface area contributed by atoms with Crippen LogP contribution >= 0.6 is 27.3 Å². The van der Waals surface area contributed by atoms with Crippen LogP contribution in [0, 0.1) is 0 Å². The maximum Gasteiger partial charge on any atom is 0.338 e. The summed E-state index contributed by atoms with van der Waals surface area (Å²) in [6.45, 7) is 3.77. The lowest BCUT2D eigenvalue weighted by molar-refractivity contribution is -0.139. The largest absolute Gasteiger partial charge is 0.496 e. The molecule has 1 atom stereocenters. The van der Waals surface area contributed by atoms with E-state index in [0.717, 1.165) is 15.6 Å². The van der Waals surface area contributed by atoms with Crippen molar-refractivity contribution in [3.05, 3.63) is 95.1 Å². The fourth-order valence-electron chi connectivity index (χ4n) is 3.70. The predicted molar refractivity (Wildman–Crippen MR) is 128 cm³/mol. The first kappa shape index (κ1) is 22.2. The van der Waals surface area contributed by atoms with Gasteiger partial charge in [-0.1, -0.05) is 57.6 Å². The fraction of sp³-hybridized carbons (Fsp3) is 0.208. The third-order valence-electron chi connectivity index (χ3n) is 5.11. The number of allylic oxidation sites excluding steroid dienone is 1. The quantitative estimate of drug-likeness (QED) is 0.490. The minimum absolute atomic E-state index is 0.223. The first-order valence-electron chi connectivity index (χ1n) is 10.0. The molecule has 1 aliphatic heterocycles. The SMILES string of the molecule is CCOC(=O)C1=C(C)N=c2sc(=Cc3cc(Br)ccc3OC)c(=O)n2[C@H]1c1ccccc1. The number of hydrogen-bond donors (Lipinski definition) is 0. The number of nitrogens with zero attached hydrogens (tertiary/aromatic N) is 2. The van der Waals surface area contributed by atoms with Gasteiger partial charge in [0.2, 0.25) is 0 Å². The Morgan fingerprint density at radius 1 is 1.25 bits per heavy atom. The summed E-state index contributed by atoms with van der Waals surface area (Å²) in [6.07, 6.45) is 1.79. The second-order valence-corrected chi connectivity index (χ2v) is 9.02. The molecule has 32 heavy (non-hydrogen) atoms. The molecular formula is C24H21BrN2O4S. The summed E-state index contributed by atoms with van der Waals surface area (Å²) in [4.78, 5) is 31.6. The monoisotopic (exact) mass is 512 g/mol. The van der Waals surface area contributed by atoms with Crippen molar-refractivity contribution in [1.82, 2.24) is 4.57 Å². The molecule has 2 aromatic carbocycles. The molecule has 1 aliphatic rings. The molecule has 0 amide bonds. The van der Waals surface area contributed by atoms with Gasteiger partial charge in [0.25, 0.3) is 5.56 Å². The molecule has 0 unspecified atom stereocenters. The van der Waals surface area contributed by atoms with E-state index in [1.165, 1.54) is 11.3 Å². The van der Waals surface area contributed by atoms with Gasteiger partial charge >= 0.3 is 5.97 Å². The topological polar surface area (TPSA) is 69.9 Å². The van der Waals surface area contributed by atoms with Crippen molar-refractivity contribution in [2.24, 2.45) is 4.99 Å². The average Bonchev–Trinajstić information content (AvgIpc) is 3.08. The summed E-state index contributed by atoms with van der Waals surface area (Å²) < 4.78 is 13.7. The highest BCUT2D eigenvalue weighted by atomic mass is 79.9. The van der Waals surface area contributed by atoms with Gasteiger partial charge in [0.05, 0.1) is 35.6 Å². The molecule has 6 nitrogen and oxygen atoms in total. The van der Waals surface area contributed by atoms with E-state index in [1.807, 2.05) is 48.5 Å². The number of thiazole rings is 1. The molecule has 164 valence electrons. The number of hydrogen-bond acceptors (Lipinski definition) is 6. The first-order valence-corrected chi connectivity index (χ1v) is 11.6. The van der Waals surface area contributed by atoms with E-state index in [1.54, 1.807) is 31.6 Å².